The molecule has 1 amide bonds. The van der Waals surface area contributed by atoms with Gasteiger partial charge in [0.25, 0.3) is 0 Å². The van der Waals surface area contributed by atoms with Crippen molar-refractivity contribution in [1.29, 1.82) is 0 Å². The minimum absolute atomic E-state index is 0.000644. The summed E-state index contributed by atoms with van der Waals surface area (Å²) in [5, 5.41) is 10.00. The smallest absolute Gasteiger partial charge is 0.228 e. The van der Waals surface area contributed by atoms with Crippen LogP contribution < -0.4 is 10.1 Å². The van der Waals surface area contributed by atoms with Crippen molar-refractivity contribution in [2.75, 3.05) is 32.1 Å². The Bertz CT molecular complexity index is 1010. The molecule has 1 aromatic heterocycles. The highest BCUT2D eigenvalue weighted by Crippen LogP contribution is 2.22. The van der Waals surface area contributed by atoms with Crippen LogP contribution in [0.3, 0.4) is 0 Å². The summed E-state index contributed by atoms with van der Waals surface area (Å²) >= 11 is 0. The number of piperidine rings is 1. The molecular weight excluding hydrogens is 388 g/mol. The zero-order chi connectivity index (χ0) is 21.5. The van der Waals surface area contributed by atoms with Gasteiger partial charge in [0, 0.05) is 30.5 Å². The largest absolute Gasteiger partial charge is 0.496 e. The van der Waals surface area contributed by atoms with E-state index in [0.717, 1.165) is 60.7 Å². The van der Waals surface area contributed by atoms with Crippen molar-refractivity contribution in [1.82, 2.24) is 15.1 Å². The van der Waals surface area contributed by atoms with Crippen LogP contribution in [0.4, 0.5) is 5.69 Å². The van der Waals surface area contributed by atoms with Crippen molar-refractivity contribution in [3.8, 4) is 17.0 Å². The molecule has 2 aromatic carbocycles. The molecule has 0 saturated carbocycles. The van der Waals surface area contributed by atoms with E-state index in [9.17, 15) is 4.79 Å². The predicted octanol–water partition coefficient (Wildman–Crippen LogP) is 4.45. The van der Waals surface area contributed by atoms with Crippen LogP contribution in [0.15, 0.2) is 66.9 Å². The molecule has 1 atom stereocenters. The summed E-state index contributed by atoms with van der Waals surface area (Å²) in [6.07, 6.45) is 7.91. The molecule has 1 unspecified atom stereocenters. The van der Waals surface area contributed by atoms with Gasteiger partial charge in [-0.3, -0.25) is 14.8 Å². The molecule has 1 saturated heterocycles. The Balaban J connectivity index is 1.30. The first-order valence-electron chi connectivity index (χ1n) is 10.7. The summed E-state index contributed by atoms with van der Waals surface area (Å²) in [7, 11) is 1.69. The lowest BCUT2D eigenvalue weighted by atomic mass is 9.97. The third-order valence-corrected chi connectivity index (χ3v) is 5.64. The number of aromatic amines is 1. The quantitative estimate of drug-likeness (QED) is 0.597. The number of carbonyl (C=O) groups is 1. The van der Waals surface area contributed by atoms with Crippen LogP contribution in [0, 0.1) is 5.92 Å². The van der Waals surface area contributed by atoms with E-state index in [2.05, 4.69) is 32.6 Å². The highest BCUT2D eigenvalue weighted by molar-refractivity contribution is 5.93. The van der Waals surface area contributed by atoms with E-state index in [-0.39, 0.29) is 11.8 Å². The van der Waals surface area contributed by atoms with Crippen molar-refractivity contribution in [2.45, 2.75) is 12.8 Å². The second-order valence-electron chi connectivity index (χ2n) is 7.78. The fraction of sp³-hybridized carbons (Fsp3) is 0.280. The van der Waals surface area contributed by atoms with Crippen LogP contribution >= 0.6 is 0 Å². The maximum Gasteiger partial charge on any atom is 0.228 e. The van der Waals surface area contributed by atoms with Gasteiger partial charge in [-0.05, 0) is 49.2 Å². The zero-order valence-electron chi connectivity index (χ0n) is 17.8. The first-order chi connectivity index (χ1) is 15.2. The van der Waals surface area contributed by atoms with E-state index in [4.69, 9.17) is 4.74 Å². The van der Waals surface area contributed by atoms with Crippen molar-refractivity contribution >= 4 is 17.7 Å². The molecule has 1 aliphatic heterocycles. The van der Waals surface area contributed by atoms with Crippen LogP contribution in [-0.4, -0.2) is 47.7 Å². The maximum absolute atomic E-state index is 12.8. The number of nitrogens with zero attached hydrogens (tertiary/aromatic N) is 2. The minimum Gasteiger partial charge on any atom is -0.496 e. The summed E-state index contributed by atoms with van der Waals surface area (Å²) in [5.41, 5.74) is 3.89. The standard InChI is InChI=1S/C25H28N4O2/c1-31-24-9-3-2-6-20(24)7-4-16-29-17-5-8-21(18-29)25(30)27-22-12-10-19(11-13-22)23-14-15-26-28-23/h2-4,6-7,9-15,21H,5,8,16-18H2,1H3,(H,26,28)(H,27,30). The summed E-state index contributed by atoms with van der Waals surface area (Å²) in [6, 6.07) is 17.7. The number of nitrogens with one attached hydrogen (secondary N) is 2. The van der Waals surface area contributed by atoms with Crippen LogP contribution in [-0.2, 0) is 4.79 Å². The average Bonchev–Trinajstić information content (AvgIpc) is 3.35. The van der Waals surface area contributed by atoms with Gasteiger partial charge in [0.1, 0.15) is 5.75 Å². The van der Waals surface area contributed by atoms with Crippen LogP contribution in [0.1, 0.15) is 18.4 Å². The lowest BCUT2D eigenvalue weighted by Crippen LogP contribution is -2.40. The molecule has 160 valence electrons. The molecule has 0 radical (unpaired) electrons. The van der Waals surface area contributed by atoms with Gasteiger partial charge in [0.2, 0.25) is 5.91 Å². The Kier molecular flexibility index (Phi) is 6.79. The van der Waals surface area contributed by atoms with Gasteiger partial charge >= 0.3 is 0 Å². The van der Waals surface area contributed by atoms with Crippen LogP contribution in [0.2, 0.25) is 0 Å². The topological polar surface area (TPSA) is 70.2 Å². The van der Waals surface area contributed by atoms with Crippen LogP contribution in [0.25, 0.3) is 17.3 Å². The number of benzene rings is 2. The number of hydrogen-bond acceptors (Lipinski definition) is 4. The summed E-state index contributed by atoms with van der Waals surface area (Å²) < 4.78 is 5.40. The number of hydrogen-bond donors (Lipinski definition) is 2. The number of aromatic nitrogens is 2. The molecule has 1 fully saturated rings. The van der Waals surface area contributed by atoms with Crippen LogP contribution in [0.5, 0.6) is 5.75 Å². The number of amides is 1. The van der Waals surface area contributed by atoms with E-state index in [1.807, 2.05) is 54.6 Å². The van der Waals surface area contributed by atoms with Gasteiger partial charge in [0.15, 0.2) is 0 Å². The number of rotatable bonds is 7. The number of carbonyl (C=O) groups excluding carboxylic acids is 1. The number of likely N-dealkylation sites (tertiary alicyclic amines) is 1. The van der Waals surface area contributed by atoms with E-state index < -0.39 is 0 Å². The number of anilines is 1. The lowest BCUT2D eigenvalue weighted by Gasteiger charge is -2.31. The van der Waals surface area contributed by atoms with Gasteiger partial charge < -0.3 is 10.1 Å². The molecule has 0 spiro atoms. The number of methoxy groups -OCH3 is 1. The number of H-pyrrole nitrogens is 1. The SMILES string of the molecule is COc1ccccc1C=CCN1CCCC(C(=O)Nc2ccc(-c3ccn[nH]3)cc2)C1. The Morgan fingerprint density at radius 2 is 2.06 bits per heavy atom. The second-order valence-corrected chi connectivity index (χ2v) is 7.78. The normalized spacial score (nSPS) is 17.0. The van der Waals surface area contributed by atoms with Crippen molar-refractivity contribution in [3.05, 3.63) is 72.4 Å². The Hall–Kier alpha value is -3.38. The third kappa shape index (κ3) is 5.41. The molecule has 0 bridgehead atoms. The van der Waals surface area contributed by atoms with Crippen molar-refractivity contribution < 1.29 is 9.53 Å². The third-order valence-electron chi connectivity index (χ3n) is 5.64. The predicted molar refractivity (Wildman–Crippen MR) is 124 cm³/mol. The molecule has 3 aromatic rings. The Morgan fingerprint density at radius 3 is 2.84 bits per heavy atom. The first-order valence-corrected chi connectivity index (χ1v) is 10.7. The molecule has 31 heavy (non-hydrogen) atoms. The molecule has 1 aliphatic rings. The molecule has 6 nitrogen and oxygen atoms in total. The van der Waals surface area contributed by atoms with Crippen molar-refractivity contribution in [3.63, 3.8) is 0 Å². The molecule has 6 heteroatoms. The number of ether oxygens (including phenoxy) is 1. The van der Waals surface area contributed by atoms with Gasteiger partial charge in [-0.2, -0.15) is 5.10 Å². The second kappa shape index (κ2) is 10.1. The minimum atomic E-state index is 0.000644. The molecule has 2 heterocycles. The molecule has 2 N–H and O–H groups in total. The molecule has 4 rings (SSSR count). The molecular formula is C25H28N4O2. The van der Waals surface area contributed by atoms with Gasteiger partial charge in [0.05, 0.1) is 18.7 Å². The van der Waals surface area contributed by atoms with Crippen molar-refractivity contribution in [2.24, 2.45) is 5.92 Å². The highest BCUT2D eigenvalue weighted by Gasteiger charge is 2.25. The highest BCUT2D eigenvalue weighted by atomic mass is 16.5. The van der Waals surface area contributed by atoms with Gasteiger partial charge in [-0.1, -0.05) is 42.5 Å². The summed E-state index contributed by atoms with van der Waals surface area (Å²) in [4.78, 5) is 15.2. The van der Waals surface area contributed by atoms with E-state index in [1.54, 1.807) is 13.3 Å². The van der Waals surface area contributed by atoms with E-state index >= 15 is 0 Å². The average molecular weight is 417 g/mol. The van der Waals surface area contributed by atoms with Gasteiger partial charge in [-0.15, -0.1) is 0 Å². The van der Waals surface area contributed by atoms with E-state index in [1.165, 1.54) is 0 Å². The maximum atomic E-state index is 12.8. The lowest BCUT2D eigenvalue weighted by molar-refractivity contribution is -0.121. The van der Waals surface area contributed by atoms with Gasteiger partial charge in [-0.25, -0.2) is 0 Å². The first kappa shape index (κ1) is 20.9. The fourth-order valence-electron chi connectivity index (χ4n) is 3.96. The van der Waals surface area contributed by atoms with E-state index in [0.29, 0.717) is 0 Å². The monoisotopic (exact) mass is 416 g/mol. The zero-order valence-corrected chi connectivity index (χ0v) is 17.8. The Morgan fingerprint density at radius 1 is 1.23 bits per heavy atom. The Labute approximate surface area is 182 Å². The summed E-state index contributed by atoms with van der Waals surface area (Å²) in [6.45, 7) is 2.61. The molecule has 0 aliphatic carbocycles. The fourth-order valence-corrected chi connectivity index (χ4v) is 3.96. The number of para-hydroxylation sites is 1. The summed E-state index contributed by atoms with van der Waals surface area (Å²) in [5.74, 6) is 0.960.